The summed E-state index contributed by atoms with van der Waals surface area (Å²) in [7, 11) is -5.10. The number of ether oxygens (including phenoxy) is 2. The van der Waals surface area contributed by atoms with Gasteiger partial charge in [0.1, 0.15) is 43.2 Å². The zero-order valence-corrected chi connectivity index (χ0v) is 29.7. The van der Waals surface area contributed by atoms with E-state index in [1.54, 1.807) is 0 Å². The lowest BCUT2D eigenvalue weighted by Crippen LogP contribution is -2.64. The Morgan fingerprint density at radius 1 is 0.646 bits per heavy atom. The zero-order chi connectivity index (χ0) is 35.8. The highest BCUT2D eigenvalue weighted by Gasteiger charge is 2.51. The number of aliphatic hydroxyl groups excluding tert-OH is 5. The molecule has 0 aromatic carbocycles. The third kappa shape index (κ3) is 19.5. The fraction of sp³-hybridized carbons (Fsp3) is 0.824. The molecule has 1 aliphatic carbocycles. The van der Waals surface area contributed by atoms with Crippen molar-refractivity contribution >= 4 is 19.8 Å². The fourth-order valence-electron chi connectivity index (χ4n) is 5.09. The van der Waals surface area contributed by atoms with Crippen LogP contribution in [0.5, 0.6) is 0 Å². The smallest absolute Gasteiger partial charge is 0.462 e. The predicted molar refractivity (Wildman–Crippen MR) is 180 cm³/mol. The van der Waals surface area contributed by atoms with Crippen LogP contribution < -0.4 is 0 Å². The van der Waals surface area contributed by atoms with E-state index in [9.17, 15) is 44.6 Å². The lowest BCUT2D eigenvalue weighted by atomic mass is 9.85. The van der Waals surface area contributed by atoms with E-state index < -0.39 is 75.7 Å². The number of allylic oxidation sites excluding steroid dienone is 4. The highest BCUT2D eigenvalue weighted by Crippen LogP contribution is 2.47. The molecular formula is C34H61O13P. The molecule has 0 aromatic rings. The molecule has 0 aromatic heterocycles. The van der Waals surface area contributed by atoms with Crippen molar-refractivity contribution in [2.45, 2.75) is 166 Å². The molecule has 6 atom stereocenters. The van der Waals surface area contributed by atoms with E-state index in [1.807, 2.05) is 0 Å². The first kappa shape index (κ1) is 44.4. The molecule has 1 fully saturated rings. The number of phosphoric acid groups is 1. The summed E-state index contributed by atoms with van der Waals surface area (Å²) in [4.78, 5) is 35.1. The van der Waals surface area contributed by atoms with Gasteiger partial charge in [0.2, 0.25) is 0 Å². The highest BCUT2D eigenvalue weighted by molar-refractivity contribution is 7.47. The Bertz CT molecular complexity index is 959. The van der Waals surface area contributed by atoms with Crippen LogP contribution in [0.25, 0.3) is 0 Å². The number of rotatable bonds is 27. The average Bonchev–Trinajstić information content (AvgIpc) is 3.06. The summed E-state index contributed by atoms with van der Waals surface area (Å²) in [6.07, 6.45) is 10.2. The Morgan fingerprint density at radius 3 is 1.77 bits per heavy atom. The van der Waals surface area contributed by atoms with Crippen LogP contribution in [-0.2, 0) is 32.7 Å². The lowest BCUT2D eigenvalue weighted by Gasteiger charge is -2.41. The summed E-state index contributed by atoms with van der Waals surface area (Å²) in [6, 6.07) is 0. The van der Waals surface area contributed by atoms with Crippen molar-refractivity contribution in [3.05, 3.63) is 24.3 Å². The molecule has 48 heavy (non-hydrogen) atoms. The summed E-state index contributed by atoms with van der Waals surface area (Å²) < 4.78 is 33.1. The van der Waals surface area contributed by atoms with Crippen LogP contribution in [0.3, 0.4) is 0 Å². The topological polar surface area (TPSA) is 210 Å². The predicted octanol–water partition coefficient (Wildman–Crippen LogP) is 4.55. The summed E-state index contributed by atoms with van der Waals surface area (Å²) in [5.41, 5.74) is 0. The van der Waals surface area contributed by atoms with Gasteiger partial charge in [-0.1, -0.05) is 95.9 Å². The van der Waals surface area contributed by atoms with Crippen molar-refractivity contribution in [3.63, 3.8) is 0 Å². The molecule has 1 saturated carbocycles. The summed E-state index contributed by atoms with van der Waals surface area (Å²) in [5.74, 6) is -1.13. The van der Waals surface area contributed by atoms with Gasteiger partial charge in [0.15, 0.2) is 6.10 Å². The second kappa shape index (κ2) is 26.2. The zero-order valence-electron chi connectivity index (χ0n) is 28.8. The van der Waals surface area contributed by atoms with E-state index in [2.05, 4.69) is 38.2 Å². The second-order valence-corrected chi connectivity index (χ2v) is 13.8. The monoisotopic (exact) mass is 708 g/mol. The Morgan fingerprint density at radius 2 is 1.17 bits per heavy atom. The van der Waals surface area contributed by atoms with Crippen molar-refractivity contribution in [1.29, 1.82) is 0 Å². The molecule has 1 rings (SSSR count). The van der Waals surface area contributed by atoms with Crippen LogP contribution in [0.2, 0.25) is 0 Å². The van der Waals surface area contributed by atoms with E-state index in [0.717, 1.165) is 83.5 Å². The maximum Gasteiger partial charge on any atom is 0.472 e. The second-order valence-electron chi connectivity index (χ2n) is 12.4. The standard InChI is InChI=1S/C34H61O13P/c1-3-5-7-9-11-12-13-14-15-16-17-19-21-23-28(36)46-26(24-44-27(35)22-20-18-10-8-6-4-2)25-45-48(42,43)47-34-32(40)30(38)29(37)31(39)33(34)41/h7,9,12-13,26,29-34,37-41H,3-6,8,10-11,14-25H2,1-2H3,(H,42,43)/b9-7-,13-12-. The van der Waals surface area contributed by atoms with Gasteiger partial charge in [-0.3, -0.25) is 18.6 Å². The molecule has 6 N–H and O–H groups in total. The first-order chi connectivity index (χ1) is 22.9. The minimum absolute atomic E-state index is 0.0814. The molecule has 0 amide bonds. The van der Waals surface area contributed by atoms with Crippen LogP contribution >= 0.6 is 7.82 Å². The number of hydrogen-bond donors (Lipinski definition) is 6. The normalized spacial score (nSPS) is 24.9. The third-order valence-corrected chi connectivity index (χ3v) is 9.01. The molecule has 0 spiro atoms. The SMILES string of the molecule is CCC/C=C\C/C=C\CCCCCCCC(=O)OC(COC(=O)CCCCCCCC)COP(=O)(O)OC1C(O)C(O)C(O)C(O)C1O. The minimum Gasteiger partial charge on any atom is -0.462 e. The van der Waals surface area contributed by atoms with Crippen molar-refractivity contribution in [2.24, 2.45) is 0 Å². The summed E-state index contributed by atoms with van der Waals surface area (Å²) in [5, 5.41) is 49.7. The van der Waals surface area contributed by atoms with Crippen LogP contribution in [-0.4, -0.2) is 98.3 Å². The number of carbonyl (C=O) groups excluding carboxylic acids is 2. The van der Waals surface area contributed by atoms with Gasteiger partial charge >= 0.3 is 19.8 Å². The average molecular weight is 709 g/mol. The first-order valence-corrected chi connectivity index (χ1v) is 19.1. The molecule has 0 saturated heterocycles. The van der Waals surface area contributed by atoms with Crippen LogP contribution in [0.1, 0.15) is 123 Å². The maximum absolute atomic E-state index is 12.7. The lowest BCUT2D eigenvalue weighted by molar-refractivity contribution is -0.220. The molecule has 0 aliphatic heterocycles. The Hall–Kier alpha value is -1.67. The van der Waals surface area contributed by atoms with Gasteiger partial charge in [-0.15, -0.1) is 0 Å². The number of esters is 2. The van der Waals surface area contributed by atoms with E-state index in [1.165, 1.54) is 0 Å². The summed E-state index contributed by atoms with van der Waals surface area (Å²) >= 11 is 0. The van der Waals surface area contributed by atoms with Crippen molar-refractivity contribution in [2.75, 3.05) is 13.2 Å². The van der Waals surface area contributed by atoms with Crippen molar-refractivity contribution in [1.82, 2.24) is 0 Å². The number of aliphatic hydroxyl groups is 5. The molecule has 6 unspecified atom stereocenters. The Kier molecular flexibility index (Phi) is 24.2. The van der Waals surface area contributed by atoms with Crippen LogP contribution in [0.15, 0.2) is 24.3 Å². The van der Waals surface area contributed by atoms with Gasteiger partial charge in [-0.2, -0.15) is 0 Å². The fourth-order valence-corrected chi connectivity index (χ4v) is 6.06. The quantitative estimate of drug-likeness (QED) is 0.0300. The van der Waals surface area contributed by atoms with E-state index in [0.29, 0.717) is 12.8 Å². The third-order valence-electron chi connectivity index (χ3n) is 8.03. The van der Waals surface area contributed by atoms with E-state index in [-0.39, 0.29) is 12.8 Å². The van der Waals surface area contributed by atoms with Gasteiger partial charge in [-0.05, 0) is 38.5 Å². The molecule has 0 heterocycles. The van der Waals surface area contributed by atoms with Gasteiger partial charge in [-0.25, -0.2) is 4.57 Å². The molecule has 0 bridgehead atoms. The summed E-state index contributed by atoms with van der Waals surface area (Å²) in [6.45, 7) is 3.09. The first-order valence-electron chi connectivity index (χ1n) is 17.6. The van der Waals surface area contributed by atoms with E-state index in [4.69, 9.17) is 18.5 Å². The largest absolute Gasteiger partial charge is 0.472 e. The highest BCUT2D eigenvalue weighted by atomic mass is 31.2. The Balaban J connectivity index is 2.58. The number of carbonyl (C=O) groups is 2. The molecule has 280 valence electrons. The molecule has 14 heteroatoms. The van der Waals surface area contributed by atoms with Gasteiger partial charge in [0, 0.05) is 12.8 Å². The maximum atomic E-state index is 12.7. The number of hydrogen-bond acceptors (Lipinski definition) is 12. The van der Waals surface area contributed by atoms with Crippen LogP contribution in [0, 0.1) is 0 Å². The number of unbranched alkanes of at least 4 members (excludes halogenated alkanes) is 11. The Labute approximate surface area is 285 Å². The molecule has 1 aliphatic rings. The van der Waals surface area contributed by atoms with Crippen molar-refractivity contribution < 1.29 is 63.1 Å². The van der Waals surface area contributed by atoms with Gasteiger partial charge in [0.25, 0.3) is 0 Å². The van der Waals surface area contributed by atoms with Gasteiger partial charge in [0.05, 0.1) is 6.61 Å². The molecule has 13 nitrogen and oxygen atoms in total. The minimum atomic E-state index is -5.10. The molecule has 0 radical (unpaired) electrons. The van der Waals surface area contributed by atoms with Crippen molar-refractivity contribution in [3.8, 4) is 0 Å². The van der Waals surface area contributed by atoms with Gasteiger partial charge < -0.3 is 39.9 Å². The van der Waals surface area contributed by atoms with E-state index >= 15 is 0 Å². The number of phosphoric ester groups is 1. The van der Waals surface area contributed by atoms with Crippen LogP contribution in [0.4, 0.5) is 0 Å². The molecular weight excluding hydrogens is 647 g/mol.